The van der Waals surface area contributed by atoms with Crippen molar-refractivity contribution in [1.82, 2.24) is 19.9 Å². The number of nitrogens with zero attached hydrogens (tertiary/aromatic N) is 4. The van der Waals surface area contributed by atoms with Gasteiger partial charge in [0.15, 0.2) is 0 Å². The molecule has 6 heteroatoms. The maximum atomic E-state index is 4.84. The van der Waals surface area contributed by atoms with E-state index in [4.69, 9.17) is 4.98 Å². The molecule has 0 atom stereocenters. The number of fused-ring (bicyclic) bond motifs is 2. The van der Waals surface area contributed by atoms with E-state index in [0.29, 0.717) is 0 Å². The highest BCUT2D eigenvalue weighted by Gasteiger charge is 2.09. The number of nitrogens with one attached hydrogen (secondary N) is 1. The van der Waals surface area contributed by atoms with Gasteiger partial charge in [0.25, 0.3) is 0 Å². The van der Waals surface area contributed by atoms with E-state index in [1.54, 1.807) is 29.9 Å². The van der Waals surface area contributed by atoms with Gasteiger partial charge < -0.3 is 5.32 Å². The minimum Gasteiger partial charge on any atom is -0.340 e. The standard InChI is InChI=1S/C20H13N5S/c1-2-15-17(22-7-1)11-16(13-5-8-21-9-6-13)25-20(15)24-14-3-4-19-18(10-14)23-12-26-19/h1-12H,(H,24,25). The van der Waals surface area contributed by atoms with E-state index < -0.39 is 0 Å². The van der Waals surface area contributed by atoms with Gasteiger partial charge in [-0.05, 0) is 48.5 Å². The normalized spacial score (nSPS) is 11.1. The van der Waals surface area contributed by atoms with Crippen LogP contribution in [0.1, 0.15) is 0 Å². The predicted molar refractivity (Wildman–Crippen MR) is 106 cm³/mol. The summed E-state index contributed by atoms with van der Waals surface area (Å²) in [5, 5.41) is 4.41. The van der Waals surface area contributed by atoms with Crippen LogP contribution in [0.5, 0.6) is 0 Å². The topological polar surface area (TPSA) is 63.6 Å². The first-order valence-corrected chi connectivity index (χ1v) is 9.01. The van der Waals surface area contributed by atoms with Gasteiger partial charge in [0.2, 0.25) is 0 Å². The SMILES string of the molecule is c1cnc2cc(-c3ccncc3)nc(Nc3ccc4scnc4c3)c2c1. The molecule has 0 amide bonds. The Morgan fingerprint density at radius 3 is 2.69 bits per heavy atom. The van der Waals surface area contributed by atoms with Crippen LogP contribution < -0.4 is 5.32 Å². The first-order valence-electron chi connectivity index (χ1n) is 8.13. The Morgan fingerprint density at radius 2 is 1.77 bits per heavy atom. The Labute approximate surface area is 153 Å². The average Bonchev–Trinajstić information content (AvgIpc) is 3.16. The van der Waals surface area contributed by atoms with E-state index in [1.807, 2.05) is 48.0 Å². The van der Waals surface area contributed by atoms with Crippen molar-refractivity contribution in [3.05, 3.63) is 72.6 Å². The molecule has 0 unspecified atom stereocenters. The third-order valence-corrected chi connectivity index (χ3v) is 4.98. The van der Waals surface area contributed by atoms with Crippen molar-refractivity contribution in [2.75, 3.05) is 5.32 Å². The van der Waals surface area contributed by atoms with Gasteiger partial charge in [-0.1, -0.05) is 0 Å². The molecule has 1 N–H and O–H groups in total. The summed E-state index contributed by atoms with van der Waals surface area (Å²) in [6.07, 6.45) is 5.33. The summed E-state index contributed by atoms with van der Waals surface area (Å²) in [7, 11) is 0. The van der Waals surface area contributed by atoms with Crippen LogP contribution in [0.2, 0.25) is 0 Å². The summed E-state index contributed by atoms with van der Waals surface area (Å²) in [4.78, 5) is 17.8. The van der Waals surface area contributed by atoms with E-state index in [0.717, 1.165) is 39.2 Å². The van der Waals surface area contributed by atoms with Crippen molar-refractivity contribution in [3.8, 4) is 11.3 Å². The molecule has 5 nitrogen and oxygen atoms in total. The second-order valence-corrected chi connectivity index (χ2v) is 6.71. The lowest BCUT2D eigenvalue weighted by molar-refractivity contribution is 1.28. The Morgan fingerprint density at radius 1 is 0.846 bits per heavy atom. The minimum absolute atomic E-state index is 0.775. The van der Waals surface area contributed by atoms with Crippen LogP contribution in [-0.4, -0.2) is 19.9 Å². The lowest BCUT2D eigenvalue weighted by Gasteiger charge is -2.11. The molecule has 0 saturated carbocycles. The third kappa shape index (κ3) is 2.66. The quantitative estimate of drug-likeness (QED) is 0.491. The number of rotatable bonds is 3. The van der Waals surface area contributed by atoms with Crippen molar-refractivity contribution < 1.29 is 0 Å². The van der Waals surface area contributed by atoms with Crippen LogP contribution in [0.3, 0.4) is 0 Å². The lowest BCUT2D eigenvalue weighted by atomic mass is 10.1. The summed E-state index contributed by atoms with van der Waals surface area (Å²) in [6, 6.07) is 16.0. The number of hydrogen-bond acceptors (Lipinski definition) is 6. The number of hydrogen-bond donors (Lipinski definition) is 1. The van der Waals surface area contributed by atoms with Crippen LogP contribution in [-0.2, 0) is 0 Å². The third-order valence-electron chi connectivity index (χ3n) is 4.17. The van der Waals surface area contributed by atoms with Crippen molar-refractivity contribution in [2.24, 2.45) is 0 Å². The van der Waals surface area contributed by atoms with Crippen molar-refractivity contribution in [1.29, 1.82) is 0 Å². The second-order valence-electron chi connectivity index (χ2n) is 5.82. The molecular formula is C20H13N5S. The summed E-state index contributed by atoms with van der Waals surface area (Å²) >= 11 is 1.63. The van der Waals surface area contributed by atoms with Gasteiger partial charge in [0.05, 0.1) is 26.9 Å². The highest BCUT2D eigenvalue weighted by atomic mass is 32.1. The molecule has 0 aliphatic rings. The molecule has 5 rings (SSSR count). The molecule has 1 aromatic carbocycles. The minimum atomic E-state index is 0.775. The zero-order valence-electron chi connectivity index (χ0n) is 13.6. The number of thiazole rings is 1. The molecule has 0 spiro atoms. The van der Waals surface area contributed by atoms with Crippen molar-refractivity contribution >= 4 is 44.0 Å². The molecule has 4 aromatic heterocycles. The number of anilines is 2. The molecule has 0 radical (unpaired) electrons. The summed E-state index contributed by atoms with van der Waals surface area (Å²) < 4.78 is 1.17. The summed E-state index contributed by atoms with van der Waals surface area (Å²) in [5.41, 5.74) is 6.55. The largest absolute Gasteiger partial charge is 0.340 e. The fourth-order valence-electron chi connectivity index (χ4n) is 2.91. The molecule has 0 fully saturated rings. The fourth-order valence-corrected chi connectivity index (χ4v) is 3.57. The van der Waals surface area contributed by atoms with Gasteiger partial charge in [-0.15, -0.1) is 11.3 Å². The summed E-state index contributed by atoms with van der Waals surface area (Å²) in [6.45, 7) is 0. The fraction of sp³-hybridized carbons (Fsp3) is 0. The molecule has 4 heterocycles. The zero-order chi connectivity index (χ0) is 17.3. The van der Waals surface area contributed by atoms with E-state index in [-0.39, 0.29) is 0 Å². The maximum Gasteiger partial charge on any atom is 0.140 e. The van der Waals surface area contributed by atoms with Gasteiger partial charge in [-0.3, -0.25) is 9.97 Å². The van der Waals surface area contributed by atoms with Gasteiger partial charge >= 0.3 is 0 Å². The number of benzene rings is 1. The predicted octanol–water partition coefficient (Wildman–Crippen LogP) is 5.05. The van der Waals surface area contributed by atoms with Gasteiger partial charge in [-0.2, -0.15) is 0 Å². The highest BCUT2D eigenvalue weighted by Crippen LogP contribution is 2.30. The van der Waals surface area contributed by atoms with Crippen LogP contribution in [0.4, 0.5) is 11.5 Å². The Hall–Kier alpha value is -3.38. The molecular weight excluding hydrogens is 342 g/mol. The molecule has 0 aliphatic carbocycles. The zero-order valence-corrected chi connectivity index (χ0v) is 14.4. The van der Waals surface area contributed by atoms with Crippen LogP contribution in [0.25, 0.3) is 32.4 Å². The van der Waals surface area contributed by atoms with Crippen LogP contribution in [0.15, 0.2) is 72.6 Å². The van der Waals surface area contributed by atoms with Gasteiger partial charge in [-0.25, -0.2) is 9.97 Å². The van der Waals surface area contributed by atoms with Crippen LogP contribution >= 0.6 is 11.3 Å². The number of pyridine rings is 3. The summed E-state index contributed by atoms with van der Waals surface area (Å²) in [5.74, 6) is 0.775. The molecule has 0 aliphatic heterocycles. The molecule has 5 aromatic rings. The Bertz CT molecular complexity index is 1220. The Kier molecular flexibility index (Phi) is 3.54. The van der Waals surface area contributed by atoms with Crippen LogP contribution in [0, 0.1) is 0 Å². The molecule has 124 valence electrons. The average molecular weight is 355 g/mol. The van der Waals surface area contributed by atoms with Gasteiger partial charge in [0.1, 0.15) is 5.82 Å². The highest BCUT2D eigenvalue weighted by molar-refractivity contribution is 7.16. The maximum absolute atomic E-state index is 4.84. The second kappa shape index (κ2) is 6.16. The van der Waals surface area contributed by atoms with Gasteiger partial charge in [0, 0.05) is 35.2 Å². The molecule has 0 saturated heterocycles. The van der Waals surface area contributed by atoms with E-state index in [2.05, 4.69) is 26.3 Å². The van der Waals surface area contributed by atoms with E-state index in [9.17, 15) is 0 Å². The smallest absolute Gasteiger partial charge is 0.140 e. The van der Waals surface area contributed by atoms with E-state index in [1.165, 1.54) is 4.70 Å². The molecule has 0 bridgehead atoms. The molecule has 26 heavy (non-hydrogen) atoms. The lowest BCUT2D eigenvalue weighted by Crippen LogP contribution is -1.97. The van der Waals surface area contributed by atoms with Crippen molar-refractivity contribution in [3.63, 3.8) is 0 Å². The number of aromatic nitrogens is 4. The Balaban J connectivity index is 1.65. The van der Waals surface area contributed by atoms with E-state index >= 15 is 0 Å². The first-order chi connectivity index (χ1) is 12.9. The van der Waals surface area contributed by atoms with Crippen molar-refractivity contribution in [2.45, 2.75) is 0 Å². The monoisotopic (exact) mass is 355 g/mol. The first kappa shape index (κ1) is 14.9.